The van der Waals surface area contributed by atoms with Crippen LogP contribution >= 0.6 is 0 Å². The van der Waals surface area contributed by atoms with E-state index in [0.29, 0.717) is 57.5 Å². The molecular formula is C52H68N8O7. The van der Waals surface area contributed by atoms with Gasteiger partial charge < -0.3 is 34.7 Å². The number of aromatic nitrogens is 2. The highest BCUT2D eigenvalue weighted by Crippen LogP contribution is 2.43. The number of esters is 1. The number of piperidine rings is 1. The molecular weight excluding hydrogens is 849 g/mol. The Morgan fingerprint density at radius 1 is 1.03 bits per heavy atom. The Morgan fingerprint density at radius 3 is 2.55 bits per heavy atom. The number of aromatic hydroxyl groups is 1. The number of phenolic OH excluding ortho intramolecular Hbond substituents is 1. The van der Waals surface area contributed by atoms with Crippen molar-refractivity contribution in [2.24, 2.45) is 16.7 Å². The minimum absolute atomic E-state index is 0.0457. The smallest absolute Gasteiger partial charge is 0.324 e. The maximum absolute atomic E-state index is 14.8. The van der Waals surface area contributed by atoms with Crippen LogP contribution in [0.25, 0.3) is 33.3 Å². The number of phenols is 1. The van der Waals surface area contributed by atoms with E-state index in [-0.39, 0.29) is 60.0 Å². The number of aryl methyl sites for hydroxylation is 1. The molecule has 2 aromatic heterocycles. The molecule has 2 aromatic carbocycles. The fraction of sp³-hybridized carbons (Fsp3) is 0.558. The summed E-state index contributed by atoms with van der Waals surface area (Å²) in [6.45, 7) is 17.1. The van der Waals surface area contributed by atoms with Gasteiger partial charge in [0.15, 0.2) is 0 Å². The average molecular weight is 917 g/mol. The molecule has 0 saturated carbocycles. The molecule has 5 atom stereocenters. The van der Waals surface area contributed by atoms with E-state index in [4.69, 9.17) is 14.5 Å². The number of cyclic esters (lactones) is 1. The van der Waals surface area contributed by atoms with Crippen LogP contribution in [0.1, 0.15) is 90.2 Å². The van der Waals surface area contributed by atoms with Gasteiger partial charge >= 0.3 is 5.97 Å². The Hall–Kier alpha value is -5.35. The van der Waals surface area contributed by atoms with Gasteiger partial charge in [0.25, 0.3) is 5.91 Å². The first kappa shape index (κ1) is 46.7. The SMILES string of the molecule is CCn1c(-c2cccnc2[C@H](C)OC)c2c3cc(ccc31)-c1cc(O)cc(c1)C[C@H](NC(=O)C(C(C)C)N1CCCC3(CN(C(=O)[C@H]4CN4)C3)C1)C(=O)N1CCC[C@H](N1)C(=O)OCC(C)(C)C2. The second-order valence-electron chi connectivity index (χ2n) is 21.0. The van der Waals surface area contributed by atoms with Crippen LogP contribution in [0.2, 0.25) is 0 Å². The molecule has 15 heteroatoms. The van der Waals surface area contributed by atoms with Crippen molar-refractivity contribution in [3.05, 3.63) is 71.5 Å². The number of amides is 3. The fourth-order valence-corrected chi connectivity index (χ4v) is 11.3. The average Bonchev–Trinajstić information content (AvgIpc) is 4.11. The lowest BCUT2D eigenvalue weighted by Gasteiger charge is -2.56. The Bertz CT molecular complexity index is 2540. The highest BCUT2D eigenvalue weighted by molar-refractivity contribution is 5.96. The van der Waals surface area contributed by atoms with Gasteiger partial charge in [0.05, 0.1) is 36.2 Å². The number of benzene rings is 2. The summed E-state index contributed by atoms with van der Waals surface area (Å²) in [5.74, 6) is -0.914. The number of pyridine rings is 1. The van der Waals surface area contributed by atoms with Gasteiger partial charge in [-0.05, 0) is 117 Å². The van der Waals surface area contributed by atoms with Gasteiger partial charge in [0.1, 0.15) is 17.8 Å². The van der Waals surface area contributed by atoms with Gasteiger partial charge in [-0.1, -0.05) is 39.8 Å². The summed E-state index contributed by atoms with van der Waals surface area (Å²) >= 11 is 0. The van der Waals surface area contributed by atoms with Crippen LogP contribution < -0.4 is 16.1 Å². The van der Waals surface area contributed by atoms with Gasteiger partial charge in [-0.2, -0.15) is 0 Å². The molecule has 1 spiro atoms. The van der Waals surface area contributed by atoms with Crippen LogP contribution in [0, 0.1) is 16.7 Å². The quantitative estimate of drug-likeness (QED) is 0.125. The van der Waals surface area contributed by atoms with Crippen molar-refractivity contribution in [3.63, 3.8) is 0 Å². The monoisotopic (exact) mass is 917 g/mol. The number of ether oxygens (including phenoxy) is 2. The lowest BCUT2D eigenvalue weighted by Crippen LogP contribution is -2.67. The molecule has 7 heterocycles. The number of hydrogen-bond acceptors (Lipinski definition) is 11. The second kappa shape index (κ2) is 18.6. The van der Waals surface area contributed by atoms with E-state index in [1.807, 2.05) is 37.8 Å². The summed E-state index contributed by atoms with van der Waals surface area (Å²) in [6.07, 6.45) is 5.15. The van der Waals surface area contributed by atoms with Crippen molar-refractivity contribution in [2.45, 2.75) is 117 Å². The van der Waals surface area contributed by atoms with Crippen LogP contribution in [0.5, 0.6) is 5.75 Å². The van der Waals surface area contributed by atoms with Crippen LogP contribution in [-0.2, 0) is 48.0 Å². The summed E-state index contributed by atoms with van der Waals surface area (Å²) in [7, 11) is 1.69. The number of nitrogens with zero attached hydrogens (tertiary/aromatic N) is 5. The molecule has 4 N–H and O–H groups in total. The number of nitrogens with one attached hydrogen (secondary N) is 3. The number of carbonyl (C=O) groups is 4. The zero-order valence-electron chi connectivity index (χ0n) is 40.2. The Balaban J connectivity index is 1.09. The molecule has 4 saturated heterocycles. The van der Waals surface area contributed by atoms with E-state index < -0.39 is 29.5 Å². The number of likely N-dealkylation sites (tertiary alicyclic amines) is 2. The van der Waals surface area contributed by atoms with Crippen molar-refractivity contribution in [3.8, 4) is 28.1 Å². The third-order valence-corrected chi connectivity index (χ3v) is 14.7. The van der Waals surface area contributed by atoms with E-state index in [1.54, 1.807) is 25.4 Å². The first-order valence-corrected chi connectivity index (χ1v) is 24.3. The van der Waals surface area contributed by atoms with Gasteiger partial charge in [-0.15, -0.1) is 0 Å². The maximum Gasteiger partial charge on any atom is 0.324 e. The van der Waals surface area contributed by atoms with Gasteiger partial charge in [-0.25, -0.2) is 5.43 Å². The third-order valence-electron chi connectivity index (χ3n) is 14.7. The molecule has 15 nitrogen and oxygen atoms in total. The zero-order chi connectivity index (χ0) is 47.4. The van der Waals surface area contributed by atoms with Crippen molar-refractivity contribution >= 4 is 34.6 Å². The van der Waals surface area contributed by atoms with Crippen LogP contribution in [0.4, 0.5) is 0 Å². The molecule has 5 aliphatic rings. The molecule has 5 aliphatic heterocycles. The van der Waals surface area contributed by atoms with Crippen molar-refractivity contribution < 1.29 is 33.8 Å². The summed E-state index contributed by atoms with van der Waals surface area (Å²) in [5, 5.41) is 20.2. The highest BCUT2D eigenvalue weighted by atomic mass is 16.5. The molecule has 358 valence electrons. The third kappa shape index (κ3) is 9.44. The van der Waals surface area contributed by atoms with Gasteiger partial charge in [-0.3, -0.25) is 34.1 Å². The number of methoxy groups -OCH3 is 1. The van der Waals surface area contributed by atoms with E-state index in [2.05, 4.69) is 70.6 Å². The van der Waals surface area contributed by atoms with Crippen LogP contribution in [0.15, 0.2) is 54.7 Å². The Labute approximate surface area is 393 Å². The molecule has 1 unspecified atom stereocenters. The summed E-state index contributed by atoms with van der Waals surface area (Å²) in [4.78, 5) is 65.4. The minimum Gasteiger partial charge on any atom is -0.508 e. The topological polar surface area (TPSA) is 181 Å². The number of fused-ring (bicyclic) bond motifs is 6. The minimum atomic E-state index is -1.02. The lowest BCUT2D eigenvalue weighted by atomic mass is 9.72. The van der Waals surface area contributed by atoms with Crippen LogP contribution in [0.3, 0.4) is 0 Å². The molecule has 0 aliphatic carbocycles. The maximum atomic E-state index is 14.8. The number of carbonyl (C=O) groups excluding carboxylic acids is 4. The Kier molecular flexibility index (Phi) is 13.0. The predicted molar refractivity (Wildman–Crippen MR) is 256 cm³/mol. The lowest BCUT2D eigenvalue weighted by molar-refractivity contribution is -0.155. The first-order valence-electron chi connectivity index (χ1n) is 24.3. The van der Waals surface area contributed by atoms with E-state index >= 15 is 0 Å². The number of rotatable bonds is 9. The fourth-order valence-electron chi connectivity index (χ4n) is 11.3. The summed E-state index contributed by atoms with van der Waals surface area (Å²) in [6, 6.07) is 13.4. The van der Waals surface area contributed by atoms with Gasteiger partial charge in [0.2, 0.25) is 11.8 Å². The largest absolute Gasteiger partial charge is 0.508 e. The van der Waals surface area contributed by atoms with Crippen molar-refractivity contribution in [1.29, 1.82) is 0 Å². The summed E-state index contributed by atoms with van der Waals surface area (Å²) in [5.41, 5.74) is 9.90. The molecule has 0 radical (unpaired) electrons. The highest BCUT2D eigenvalue weighted by Gasteiger charge is 2.51. The van der Waals surface area contributed by atoms with Crippen LogP contribution in [-0.4, -0.2) is 130 Å². The number of hydrazine groups is 1. The predicted octanol–water partition coefficient (Wildman–Crippen LogP) is 5.37. The van der Waals surface area contributed by atoms with E-state index in [0.717, 1.165) is 70.5 Å². The van der Waals surface area contributed by atoms with E-state index in [1.165, 1.54) is 5.01 Å². The molecule has 4 fully saturated rings. The molecule has 6 bridgehead atoms. The van der Waals surface area contributed by atoms with E-state index in [9.17, 15) is 24.3 Å². The summed E-state index contributed by atoms with van der Waals surface area (Å²) < 4.78 is 14.3. The first-order chi connectivity index (χ1) is 32.1. The molecule has 67 heavy (non-hydrogen) atoms. The van der Waals surface area contributed by atoms with Gasteiger partial charge in [0, 0.05) is 86.3 Å². The molecule has 9 rings (SSSR count). The standard InChI is InChI=1S/C52H68N8O7/c1-8-59-43-15-14-34-24-38(43)39(46(59)37-12-9-17-53-44(37)32(4)66-7)25-51(5,6)30-67-50(65)40-13-10-19-60(56-40)49(64)41(22-33-20-35(34)23-36(61)21-33)55-47(62)45(31(2)3)57-18-11-16-52(27-57)28-58(29-52)48(63)42-26-54-42/h9,12,14-15,17,20-21,23-24,31-32,40-42,45,54,56,61H,8,10-11,13,16,18-19,22,25-30H2,1-7H3,(H,55,62)/t32-,40-,41-,42+,45?/m0/s1. The van der Waals surface area contributed by atoms with Crippen molar-refractivity contribution in [2.75, 3.05) is 53.0 Å². The molecule has 3 amide bonds. The zero-order valence-corrected chi connectivity index (χ0v) is 40.2. The molecule has 4 aromatic rings. The normalized spacial score (nSPS) is 23.9. The Morgan fingerprint density at radius 2 is 1.82 bits per heavy atom. The van der Waals surface area contributed by atoms with Crippen molar-refractivity contribution in [1.82, 2.24) is 40.4 Å². The second-order valence-corrected chi connectivity index (χ2v) is 21.0. The number of hydrogen-bond donors (Lipinski definition) is 4.